The van der Waals surface area contributed by atoms with Crippen LogP contribution in [-0.4, -0.2) is 51.1 Å². The van der Waals surface area contributed by atoms with Crippen molar-refractivity contribution in [3.05, 3.63) is 29.8 Å². The highest BCUT2D eigenvalue weighted by molar-refractivity contribution is 5.95. The van der Waals surface area contributed by atoms with Gasteiger partial charge in [-0.25, -0.2) is 0 Å². The summed E-state index contributed by atoms with van der Waals surface area (Å²) >= 11 is 0. The van der Waals surface area contributed by atoms with E-state index in [0.29, 0.717) is 6.04 Å². The standard InChI is InChI=1S/C15H23N3O/c1-16-11-14-5-4-10-18(14)15(19)12-6-8-13(9-7-12)17(2)3/h6-9,14,16H,4-5,10-11H2,1-3H3. The Morgan fingerprint density at radius 1 is 1.37 bits per heavy atom. The van der Waals surface area contributed by atoms with Crippen LogP contribution >= 0.6 is 0 Å². The van der Waals surface area contributed by atoms with Crippen molar-refractivity contribution in [2.45, 2.75) is 18.9 Å². The van der Waals surface area contributed by atoms with Crippen molar-refractivity contribution in [3.8, 4) is 0 Å². The zero-order valence-electron chi connectivity index (χ0n) is 12.0. The summed E-state index contributed by atoms with van der Waals surface area (Å²) in [5.41, 5.74) is 1.90. The number of carbonyl (C=O) groups is 1. The third-order valence-electron chi connectivity index (χ3n) is 3.71. The molecule has 4 nitrogen and oxygen atoms in total. The maximum atomic E-state index is 12.5. The van der Waals surface area contributed by atoms with Gasteiger partial charge in [-0.3, -0.25) is 4.79 Å². The van der Waals surface area contributed by atoms with Crippen LogP contribution in [0, 0.1) is 0 Å². The number of likely N-dealkylation sites (N-methyl/N-ethyl adjacent to an activating group) is 1. The van der Waals surface area contributed by atoms with Crippen LogP contribution in [0.5, 0.6) is 0 Å². The SMILES string of the molecule is CNCC1CCCN1C(=O)c1ccc(N(C)C)cc1. The molecule has 1 aromatic rings. The molecule has 1 aromatic carbocycles. The lowest BCUT2D eigenvalue weighted by molar-refractivity contribution is 0.0737. The number of anilines is 1. The molecule has 1 aliphatic heterocycles. The summed E-state index contributed by atoms with van der Waals surface area (Å²) in [4.78, 5) is 16.5. The molecule has 1 heterocycles. The number of benzene rings is 1. The Morgan fingerprint density at radius 3 is 2.63 bits per heavy atom. The lowest BCUT2D eigenvalue weighted by atomic mass is 10.1. The maximum Gasteiger partial charge on any atom is 0.254 e. The van der Waals surface area contributed by atoms with E-state index in [0.717, 1.165) is 37.2 Å². The van der Waals surface area contributed by atoms with Gasteiger partial charge in [-0.2, -0.15) is 0 Å². The first-order valence-corrected chi connectivity index (χ1v) is 6.86. The largest absolute Gasteiger partial charge is 0.378 e. The van der Waals surface area contributed by atoms with Crippen LogP contribution < -0.4 is 10.2 Å². The zero-order valence-corrected chi connectivity index (χ0v) is 12.0. The second kappa shape index (κ2) is 6.06. The van der Waals surface area contributed by atoms with E-state index >= 15 is 0 Å². The minimum atomic E-state index is 0.156. The lowest BCUT2D eigenvalue weighted by Gasteiger charge is -2.24. The van der Waals surface area contributed by atoms with Crippen LogP contribution in [0.3, 0.4) is 0 Å². The van der Waals surface area contributed by atoms with Crippen molar-refractivity contribution in [2.75, 3.05) is 39.1 Å². The van der Waals surface area contributed by atoms with Gasteiger partial charge < -0.3 is 15.1 Å². The number of nitrogens with one attached hydrogen (secondary N) is 1. The van der Waals surface area contributed by atoms with Crippen LogP contribution in [-0.2, 0) is 0 Å². The average Bonchev–Trinajstić information content (AvgIpc) is 2.87. The predicted molar refractivity (Wildman–Crippen MR) is 78.8 cm³/mol. The molecule has 0 aliphatic carbocycles. The van der Waals surface area contributed by atoms with Crippen LogP contribution in [0.2, 0.25) is 0 Å². The van der Waals surface area contributed by atoms with E-state index in [-0.39, 0.29) is 5.91 Å². The van der Waals surface area contributed by atoms with Crippen LogP contribution in [0.15, 0.2) is 24.3 Å². The van der Waals surface area contributed by atoms with Crippen molar-refractivity contribution in [1.82, 2.24) is 10.2 Å². The van der Waals surface area contributed by atoms with E-state index in [1.54, 1.807) is 0 Å². The molecule has 0 bridgehead atoms. The minimum absolute atomic E-state index is 0.156. The van der Waals surface area contributed by atoms with Gasteiger partial charge in [-0.1, -0.05) is 0 Å². The number of likely N-dealkylation sites (tertiary alicyclic amines) is 1. The van der Waals surface area contributed by atoms with E-state index in [1.807, 2.05) is 55.2 Å². The zero-order chi connectivity index (χ0) is 13.8. The van der Waals surface area contributed by atoms with E-state index in [4.69, 9.17) is 0 Å². The molecule has 4 heteroatoms. The van der Waals surface area contributed by atoms with Gasteiger partial charge in [0.2, 0.25) is 0 Å². The number of carbonyl (C=O) groups excluding carboxylic acids is 1. The molecule has 1 atom stereocenters. The van der Waals surface area contributed by atoms with Gasteiger partial charge in [0.15, 0.2) is 0 Å². The van der Waals surface area contributed by atoms with E-state index in [9.17, 15) is 4.79 Å². The molecule has 104 valence electrons. The van der Waals surface area contributed by atoms with Crippen molar-refractivity contribution >= 4 is 11.6 Å². The van der Waals surface area contributed by atoms with Gasteiger partial charge >= 0.3 is 0 Å². The van der Waals surface area contributed by atoms with E-state index in [1.165, 1.54) is 0 Å². The molecule has 2 rings (SSSR count). The quantitative estimate of drug-likeness (QED) is 0.894. The van der Waals surface area contributed by atoms with Crippen LogP contribution in [0.4, 0.5) is 5.69 Å². The van der Waals surface area contributed by atoms with Crippen LogP contribution in [0.25, 0.3) is 0 Å². The third-order valence-corrected chi connectivity index (χ3v) is 3.71. The minimum Gasteiger partial charge on any atom is -0.378 e. The summed E-state index contributed by atoms with van der Waals surface area (Å²) in [6, 6.07) is 8.18. The van der Waals surface area contributed by atoms with E-state index < -0.39 is 0 Å². The van der Waals surface area contributed by atoms with Crippen molar-refractivity contribution < 1.29 is 4.79 Å². The Morgan fingerprint density at radius 2 is 2.05 bits per heavy atom. The summed E-state index contributed by atoms with van der Waals surface area (Å²) < 4.78 is 0. The number of hydrogen-bond donors (Lipinski definition) is 1. The Hall–Kier alpha value is -1.55. The molecule has 0 aromatic heterocycles. The number of rotatable bonds is 4. The Labute approximate surface area is 115 Å². The molecule has 19 heavy (non-hydrogen) atoms. The number of nitrogens with zero attached hydrogens (tertiary/aromatic N) is 2. The Balaban J connectivity index is 2.10. The van der Waals surface area contributed by atoms with Gasteiger partial charge in [-0.05, 0) is 44.2 Å². The fourth-order valence-corrected chi connectivity index (χ4v) is 2.62. The van der Waals surface area contributed by atoms with Gasteiger partial charge in [0, 0.05) is 44.5 Å². The van der Waals surface area contributed by atoms with Gasteiger partial charge in [0.1, 0.15) is 0 Å². The normalized spacial score (nSPS) is 18.7. The first-order valence-electron chi connectivity index (χ1n) is 6.86. The topological polar surface area (TPSA) is 35.6 Å². The molecule has 1 amide bonds. The van der Waals surface area contributed by atoms with Crippen molar-refractivity contribution in [1.29, 1.82) is 0 Å². The van der Waals surface area contributed by atoms with Crippen molar-refractivity contribution in [2.24, 2.45) is 0 Å². The second-order valence-corrected chi connectivity index (χ2v) is 5.29. The first-order chi connectivity index (χ1) is 9.13. The highest BCUT2D eigenvalue weighted by Gasteiger charge is 2.28. The summed E-state index contributed by atoms with van der Waals surface area (Å²) in [5.74, 6) is 0.156. The average molecular weight is 261 g/mol. The fraction of sp³-hybridized carbons (Fsp3) is 0.533. The third kappa shape index (κ3) is 3.07. The van der Waals surface area contributed by atoms with Gasteiger partial charge in [-0.15, -0.1) is 0 Å². The summed E-state index contributed by atoms with van der Waals surface area (Å²) in [6.45, 7) is 1.75. The number of hydrogen-bond acceptors (Lipinski definition) is 3. The van der Waals surface area contributed by atoms with Crippen molar-refractivity contribution in [3.63, 3.8) is 0 Å². The fourth-order valence-electron chi connectivity index (χ4n) is 2.62. The Kier molecular flexibility index (Phi) is 4.43. The Bertz CT molecular complexity index is 428. The molecule has 0 radical (unpaired) electrons. The second-order valence-electron chi connectivity index (χ2n) is 5.29. The highest BCUT2D eigenvalue weighted by Crippen LogP contribution is 2.21. The summed E-state index contributed by atoms with van der Waals surface area (Å²) in [5, 5.41) is 3.17. The molecule has 1 unspecified atom stereocenters. The van der Waals surface area contributed by atoms with E-state index in [2.05, 4.69) is 5.32 Å². The molecule has 1 N–H and O–H groups in total. The molecular formula is C15H23N3O. The molecule has 1 saturated heterocycles. The number of amides is 1. The smallest absolute Gasteiger partial charge is 0.254 e. The molecule has 0 saturated carbocycles. The summed E-state index contributed by atoms with van der Waals surface area (Å²) in [7, 11) is 5.94. The first kappa shape index (κ1) is 13.9. The monoisotopic (exact) mass is 261 g/mol. The highest BCUT2D eigenvalue weighted by atomic mass is 16.2. The van der Waals surface area contributed by atoms with Crippen LogP contribution in [0.1, 0.15) is 23.2 Å². The molecular weight excluding hydrogens is 238 g/mol. The molecule has 0 spiro atoms. The maximum absolute atomic E-state index is 12.5. The predicted octanol–water partition coefficient (Wildman–Crippen LogP) is 1.58. The van der Waals surface area contributed by atoms with Gasteiger partial charge in [0.05, 0.1) is 0 Å². The van der Waals surface area contributed by atoms with Gasteiger partial charge in [0.25, 0.3) is 5.91 Å². The summed E-state index contributed by atoms with van der Waals surface area (Å²) in [6.07, 6.45) is 2.20. The molecule has 1 fully saturated rings. The lowest BCUT2D eigenvalue weighted by Crippen LogP contribution is -2.40. The molecule has 1 aliphatic rings.